The third kappa shape index (κ3) is 2.72. The zero-order valence-corrected chi connectivity index (χ0v) is 13.2. The maximum Gasteiger partial charge on any atom is 0.128 e. The van der Waals surface area contributed by atoms with Crippen molar-refractivity contribution < 1.29 is 9.47 Å². The Morgan fingerprint density at radius 3 is 2.27 bits per heavy atom. The van der Waals surface area contributed by atoms with Crippen molar-refractivity contribution in [1.29, 1.82) is 0 Å². The average Bonchev–Trinajstić information content (AvgIpc) is 2.56. The van der Waals surface area contributed by atoms with Gasteiger partial charge in [-0.05, 0) is 41.8 Å². The Bertz CT molecular complexity index is 800. The van der Waals surface area contributed by atoms with Gasteiger partial charge in [-0.1, -0.05) is 23.7 Å². The highest BCUT2D eigenvalue weighted by atomic mass is 35.5. The molecule has 0 aliphatic heterocycles. The first kappa shape index (κ1) is 14.7. The van der Waals surface area contributed by atoms with Crippen molar-refractivity contribution in [2.45, 2.75) is 6.42 Å². The summed E-state index contributed by atoms with van der Waals surface area (Å²) in [5.41, 5.74) is 2.26. The summed E-state index contributed by atoms with van der Waals surface area (Å²) in [7, 11) is 3.33. The van der Waals surface area contributed by atoms with Gasteiger partial charge in [0.15, 0.2) is 0 Å². The van der Waals surface area contributed by atoms with E-state index in [1.807, 2.05) is 48.8 Å². The van der Waals surface area contributed by atoms with Gasteiger partial charge in [0.05, 0.1) is 14.2 Å². The molecule has 3 nitrogen and oxygen atoms in total. The van der Waals surface area contributed by atoms with Crippen molar-refractivity contribution in [3.05, 3.63) is 64.9 Å². The number of nitrogens with zero attached hydrogens (tertiary/aromatic N) is 1. The van der Waals surface area contributed by atoms with Crippen LogP contribution in [0.2, 0.25) is 5.02 Å². The largest absolute Gasteiger partial charge is 0.496 e. The third-order valence-electron chi connectivity index (χ3n) is 3.67. The van der Waals surface area contributed by atoms with E-state index in [-0.39, 0.29) is 0 Å². The van der Waals surface area contributed by atoms with Crippen LogP contribution in [0.5, 0.6) is 11.5 Å². The van der Waals surface area contributed by atoms with Crippen LogP contribution in [0.25, 0.3) is 10.8 Å². The summed E-state index contributed by atoms with van der Waals surface area (Å²) in [6.45, 7) is 0. The molecular weight excluding hydrogens is 298 g/mol. The van der Waals surface area contributed by atoms with E-state index in [0.29, 0.717) is 0 Å². The number of fused-ring (bicyclic) bond motifs is 1. The predicted molar refractivity (Wildman–Crippen MR) is 89.1 cm³/mol. The number of hydrogen-bond donors (Lipinski definition) is 0. The van der Waals surface area contributed by atoms with Gasteiger partial charge < -0.3 is 9.47 Å². The van der Waals surface area contributed by atoms with E-state index >= 15 is 0 Å². The summed E-state index contributed by atoms with van der Waals surface area (Å²) < 4.78 is 11.0. The maximum atomic E-state index is 5.95. The zero-order valence-electron chi connectivity index (χ0n) is 12.5. The molecule has 0 bridgehead atoms. The SMILES string of the molecule is COc1ccc(OC)c2c(Cc3ccc(Cl)cc3)cncc12. The van der Waals surface area contributed by atoms with Crippen molar-refractivity contribution in [2.24, 2.45) is 0 Å². The van der Waals surface area contributed by atoms with Crippen LogP contribution in [0.3, 0.4) is 0 Å². The van der Waals surface area contributed by atoms with E-state index in [0.717, 1.165) is 39.3 Å². The van der Waals surface area contributed by atoms with Crippen LogP contribution < -0.4 is 9.47 Å². The molecule has 22 heavy (non-hydrogen) atoms. The molecular formula is C18H16ClNO2. The molecule has 1 heterocycles. The number of halogens is 1. The second-order valence-electron chi connectivity index (χ2n) is 4.99. The number of benzene rings is 2. The second kappa shape index (κ2) is 6.24. The Hall–Kier alpha value is -2.26. The number of hydrogen-bond acceptors (Lipinski definition) is 3. The summed E-state index contributed by atoms with van der Waals surface area (Å²) >= 11 is 5.95. The fraction of sp³-hybridized carbons (Fsp3) is 0.167. The molecule has 0 fully saturated rings. The van der Waals surface area contributed by atoms with Gasteiger partial charge in [-0.3, -0.25) is 4.98 Å². The lowest BCUT2D eigenvalue weighted by Gasteiger charge is -2.13. The minimum absolute atomic E-state index is 0.735. The standard InChI is InChI=1S/C18H16ClNO2/c1-21-16-7-8-17(22-2)18-13(10-20-11-15(16)18)9-12-3-5-14(19)6-4-12/h3-8,10-11H,9H2,1-2H3. The van der Waals surface area contributed by atoms with Crippen LogP contribution >= 0.6 is 11.6 Å². The molecule has 112 valence electrons. The Kier molecular flexibility index (Phi) is 4.16. The molecule has 0 N–H and O–H groups in total. The summed E-state index contributed by atoms with van der Waals surface area (Å²) in [5.74, 6) is 1.61. The van der Waals surface area contributed by atoms with Crippen molar-refractivity contribution >= 4 is 22.4 Å². The Balaban J connectivity index is 2.14. The molecule has 0 saturated carbocycles. The lowest BCUT2D eigenvalue weighted by molar-refractivity contribution is 0.410. The fourth-order valence-corrected chi connectivity index (χ4v) is 2.74. The van der Waals surface area contributed by atoms with Crippen LogP contribution in [-0.4, -0.2) is 19.2 Å². The van der Waals surface area contributed by atoms with Gasteiger partial charge >= 0.3 is 0 Å². The van der Waals surface area contributed by atoms with E-state index < -0.39 is 0 Å². The zero-order chi connectivity index (χ0) is 15.5. The summed E-state index contributed by atoms with van der Waals surface area (Å²) in [4.78, 5) is 4.35. The minimum Gasteiger partial charge on any atom is -0.496 e. The van der Waals surface area contributed by atoms with E-state index in [1.54, 1.807) is 14.2 Å². The Morgan fingerprint density at radius 2 is 1.59 bits per heavy atom. The molecule has 3 aromatic rings. The van der Waals surface area contributed by atoms with Gasteiger partial charge in [0.25, 0.3) is 0 Å². The van der Waals surface area contributed by atoms with E-state index in [9.17, 15) is 0 Å². The van der Waals surface area contributed by atoms with Gasteiger partial charge in [-0.15, -0.1) is 0 Å². The normalized spacial score (nSPS) is 10.7. The second-order valence-corrected chi connectivity index (χ2v) is 5.43. The first-order valence-corrected chi connectivity index (χ1v) is 7.32. The monoisotopic (exact) mass is 313 g/mol. The van der Waals surface area contributed by atoms with Crippen molar-refractivity contribution in [3.63, 3.8) is 0 Å². The quantitative estimate of drug-likeness (QED) is 0.711. The predicted octanol–water partition coefficient (Wildman–Crippen LogP) is 4.50. The van der Waals surface area contributed by atoms with Crippen molar-refractivity contribution in [3.8, 4) is 11.5 Å². The molecule has 0 aliphatic rings. The Labute approximate surface area is 134 Å². The van der Waals surface area contributed by atoms with Crippen molar-refractivity contribution in [2.75, 3.05) is 14.2 Å². The molecule has 0 unspecified atom stereocenters. The van der Waals surface area contributed by atoms with E-state index in [1.165, 1.54) is 5.56 Å². The molecule has 0 aliphatic carbocycles. The summed E-state index contributed by atoms with van der Waals surface area (Å²) in [5, 5.41) is 2.72. The molecule has 3 rings (SSSR count). The van der Waals surface area contributed by atoms with Gasteiger partial charge in [-0.25, -0.2) is 0 Å². The first-order valence-electron chi connectivity index (χ1n) is 6.95. The average molecular weight is 314 g/mol. The molecule has 0 saturated heterocycles. The van der Waals surface area contributed by atoms with Crippen LogP contribution in [-0.2, 0) is 6.42 Å². The topological polar surface area (TPSA) is 31.4 Å². The van der Waals surface area contributed by atoms with Crippen LogP contribution in [0.15, 0.2) is 48.8 Å². The van der Waals surface area contributed by atoms with Gasteiger partial charge in [0, 0.05) is 28.2 Å². The molecule has 0 radical (unpaired) electrons. The van der Waals surface area contributed by atoms with E-state index in [4.69, 9.17) is 21.1 Å². The first-order chi connectivity index (χ1) is 10.7. The van der Waals surface area contributed by atoms with Crippen molar-refractivity contribution in [1.82, 2.24) is 4.98 Å². The van der Waals surface area contributed by atoms with Crippen LogP contribution in [0.4, 0.5) is 0 Å². The molecule has 4 heteroatoms. The third-order valence-corrected chi connectivity index (χ3v) is 3.92. The molecule has 1 aromatic heterocycles. The number of rotatable bonds is 4. The highest BCUT2D eigenvalue weighted by molar-refractivity contribution is 6.30. The van der Waals surface area contributed by atoms with Gasteiger partial charge in [-0.2, -0.15) is 0 Å². The number of pyridine rings is 1. The number of aromatic nitrogens is 1. The molecule has 0 amide bonds. The van der Waals surface area contributed by atoms with Crippen LogP contribution in [0, 0.1) is 0 Å². The fourth-order valence-electron chi connectivity index (χ4n) is 2.61. The molecule has 0 atom stereocenters. The van der Waals surface area contributed by atoms with Gasteiger partial charge in [0.2, 0.25) is 0 Å². The number of methoxy groups -OCH3 is 2. The van der Waals surface area contributed by atoms with E-state index in [2.05, 4.69) is 4.98 Å². The lowest BCUT2D eigenvalue weighted by atomic mass is 10.00. The molecule has 2 aromatic carbocycles. The van der Waals surface area contributed by atoms with Gasteiger partial charge in [0.1, 0.15) is 11.5 Å². The molecule has 0 spiro atoms. The smallest absolute Gasteiger partial charge is 0.128 e. The highest BCUT2D eigenvalue weighted by Crippen LogP contribution is 2.35. The maximum absolute atomic E-state index is 5.95. The summed E-state index contributed by atoms with van der Waals surface area (Å²) in [6.07, 6.45) is 4.44. The highest BCUT2D eigenvalue weighted by Gasteiger charge is 2.12. The minimum atomic E-state index is 0.735. The van der Waals surface area contributed by atoms with Crippen LogP contribution in [0.1, 0.15) is 11.1 Å². The Morgan fingerprint density at radius 1 is 0.909 bits per heavy atom. The number of ether oxygens (including phenoxy) is 2. The lowest BCUT2D eigenvalue weighted by Crippen LogP contribution is -1.96. The summed E-state index contributed by atoms with van der Waals surface area (Å²) in [6, 6.07) is 11.7.